The molecule has 0 saturated carbocycles. The van der Waals surface area contributed by atoms with Crippen LogP contribution in [-0.4, -0.2) is 18.0 Å². The molecule has 0 amide bonds. The maximum Gasteiger partial charge on any atom is 0.0371 e. The van der Waals surface area contributed by atoms with Crippen LogP contribution >= 0.6 is 15.9 Å². The Bertz CT molecular complexity index is 382. The number of anilines is 1. The maximum atomic E-state index is 6.05. The van der Waals surface area contributed by atoms with E-state index in [-0.39, 0.29) is 0 Å². The van der Waals surface area contributed by atoms with Crippen LogP contribution in [0.2, 0.25) is 0 Å². The largest absolute Gasteiger partial charge is 0.398 e. The normalized spacial score (nSPS) is 26.1. The van der Waals surface area contributed by atoms with Crippen molar-refractivity contribution in [2.24, 2.45) is 11.8 Å². The molecule has 1 aliphatic heterocycles. The lowest BCUT2D eigenvalue weighted by atomic mass is 9.91. The molecule has 0 aliphatic carbocycles. The van der Waals surface area contributed by atoms with Crippen LogP contribution in [-0.2, 0) is 6.54 Å². The summed E-state index contributed by atoms with van der Waals surface area (Å²) in [7, 11) is 0. The van der Waals surface area contributed by atoms with Crippen LogP contribution in [0.1, 0.15) is 25.8 Å². The van der Waals surface area contributed by atoms with Crippen molar-refractivity contribution in [1.82, 2.24) is 4.90 Å². The molecule has 17 heavy (non-hydrogen) atoms. The fourth-order valence-corrected chi connectivity index (χ4v) is 3.25. The molecule has 3 heteroatoms. The standard InChI is InChI=1S/C14H21BrN2/c1-10-5-11(2)8-17(7-10)9-12-3-4-13(15)6-14(12)16/h3-4,6,10-11H,5,7-9,16H2,1-2H3. The van der Waals surface area contributed by atoms with E-state index in [9.17, 15) is 0 Å². The molecule has 2 atom stereocenters. The summed E-state index contributed by atoms with van der Waals surface area (Å²) >= 11 is 3.45. The van der Waals surface area contributed by atoms with Crippen molar-refractivity contribution in [3.63, 3.8) is 0 Å². The fourth-order valence-electron chi connectivity index (χ4n) is 2.87. The van der Waals surface area contributed by atoms with Crippen molar-refractivity contribution in [2.45, 2.75) is 26.8 Å². The smallest absolute Gasteiger partial charge is 0.0371 e. The molecular formula is C14H21BrN2. The number of likely N-dealkylation sites (tertiary alicyclic amines) is 1. The zero-order valence-corrected chi connectivity index (χ0v) is 12.2. The van der Waals surface area contributed by atoms with E-state index in [0.29, 0.717) is 0 Å². The molecule has 1 aromatic rings. The summed E-state index contributed by atoms with van der Waals surface area (Å²) in [5.74, 6) is 1.60. The van der Waals surface area contributed by atoms with Gasteiger partial charge in [-0.3, -0.25) is 4.90 Å². The van der Waals surface area contributed by atoms with Crippen molar-refractivity contribution >= 4 is 21.6 Å². The average molecular weight is 297 g/mol. The van der Waals surface area contributed by atoms with Crippen molar-refractivity contribution in [2.75, 3.05) is 18.8 Å². The number of rotatable bonds is 2. The molecule has 94 valence electrons. The van der Waals surface area contributed by atoms with Gasteiger partial charge in [0.25, 0.3) is 0 Å². The third-order valence-corrected chi connectivity index (χ3v) is 3.94. The molecule has 0 aromatic heterocycles. The first-order valence-corrected chi connectivity index (χ1v) is 7.10. The predicted octanol–water partition coefficient (Wildman–Crippen LogP) is 3.51. The van der Waals surface area contributed by atoms with Gasteiger partial charge in [0.05, 0.1) is 0 Å². The number of nitrogens with two attached hydrogens (primary N) is 1. The zero-order valence-electron chi connectivity index (χ0n) is 10.6. The fraction of sp³-hybridized carbons (Fsp3) is 0.571. The number of hydrogen-bond acceptors (Lipinski definition) is 2. The molecule has 1 aliphatic rings. The first-order valence-electron chi connectivity index (χ1n) is 6.31. The SMILES string of the molecule is CC1CC(C)CN(Cc2ccc(Br)cc2N)C1. The Morgan fingerprint density at radius 1 is 1.29 bits per heavy atom. The highest BCUT2D eigenvalue weighted by Crippen LogP contribution is 2.25. The van der Waals surface area contributed by atoms with Gasteiger partial charge in [-0.1, -0.05) is 35.8 Å². The van der Waals surface area contributed by atoms with Crippen LogP contribution in [0, 0.1) is 11.8 Å². The van der Waals surface area contributed by atoms with Gasteiger partial charge in [-0.05, 0) is 36.0 Å². The van der Waals surface area contributed by atoms with Crippen molar-refractivity contribution < 1.29 is 0 Å². The Morgan fingerprint density at radius 2 is 1.94 bits per heavy atom. The van der Waals surface area contributed by atoms with Crippen molar-refractivity contribution in [3.8, 4) is 0 Å². The van der Waals surface area contributed by atoms with E-state index in [1.165, 1.54) is 25.1 Å². The Labute approximate surface area is 112 Å². The molecule has 1 heterocycles. The average Bonchev–Trinajstić information content (AvgIpc) is 2.21. The molecule has 1 fully saturated rings. The third-order valence-electron chi connectivity index (χ3n) is 3.45. The van der Waals surface area contributed by atoms with E-state index < -0.39 is 0 Å². The van der Waals surface area contributed by atoms with Gasteiger partial charge in [0, 0.05) is 29.8 Å². The number of hydrogen-bond donors (Lipinski definition) is 1. The number of piperidine rings is 1. The second-order valence-corrected chi connectivity index (χ2v) is 6.40. The summed E-state index contributed by atoms with van der Waals surface area (Å²) in [5, 5.41) is 0. The van der Waals surface area contributed by atoms with Crippen molar-refractivity contribution in [3.05, 3.63) is 28.2 Å². The number of halogens is 1. The quantitative estimate of drug-likeness (QED) is 0.846. The first-order chi connectivity index (χ1) is 8.04. The van der Waals surface area contributed by atoms with Gasteiger partial charge in [0.1, 0.15) is 0 Å². The molecule has 0 radical (unpaired) electrons. The maximum absolute atomic E-state index is 6.05. The van der Waals surface area contributed by atoms with Crippen LogP contribution in [0.5, 0.6) is 0 Å². The highest BCUT2D eigenvalue weighted by atomic mass is 79.9. The van der Waals surface area contributed by atoms with Crippen LogP contribution in [0.3, 0.4) is 0 Å². The Kier molecular flexibility index (Phi) is 4.10. The van der Waals surface area contributed by atoms with Gasteiger partial charge in [0.2, 0.25) is 0 Å². The summed E-state index contributed by atoms with van der Waals surface area (Å²) < 4.78 is 1.05. The highest BCUT2D eigenvalue weighted by molar-refractivity contribution is 9.10. The lowest BCUT2D eigenvalue weighted by molar-refractivity contribution is 0.134. The monoisotopic (exact) mass is 296 g/mol. The summed E-state index contributed by atoms with van der Waals surface area (Å²) in [5.41, 5.74) is 8.19. The van der Waals surface area contributed by atoms with E-state index in [4.69, 9.17) is 5.73 Å². The molecular weight excluding hydrogens is 276 g/mol. The topological polar surface area (TPSA) is 29.3 Å². The van der Waals surface area contributed by atoms with Gasteiger partial charge >= 0.3 is 0 Å². The third kappa shape index (κ3) is 3.46. The molecule has 2 unspecified atom stereocenters. The van der Waals surface area contributed by atoms with Crippen molar-refractivity contribution in [1.29, 1.82) is 0 Å². The van der Waals surface area contributed by atoms with E-state index in [1.54, 1.807) is 0 Å². The Balaban J connectivity index is 2.04. The van der Waals surface area contributed by atoms with Crippen LogP contribution < -0.4 is 5.73 Å². The first kappa shape index (κ1) is 12.9. The molecule has 2 nitrogen and oxygen atoms in total. The summed E-state index contributed by atoms with van der Waals surface area (Å²) in [4.78, 5) is 2.53. The van der Waals surface area contributed by atoms with E-state index in [1.807, 2.05) is 6.07 Å². The molecule has 1 saturated heterocycles. The predicted molar refractivity (Wildman–Crippen MR) is 76.8 cm³/mol. The molecule has 0 bridgehead atoms. The second-order valence-electron chi connectivity index (χ2n) is 5.48. The summed E-state index contributed by atoms with van der Waals surface area (Å²) in [6.45, 7) is 8.05. The van der Waals surface area contributed by atoms with Crippen LogP contribution in [0.15, 0.2) is 22.7 Å². The Hall–Kier alpha value is -0.540. The Morgan fingerprint density at radius 3 is 2.53 bits per heavy atom. The lowest BCUT2D eigenvalue weighted by Gasteiger charge is -2.35. The summed E-state index contributed by atoms with van der Waals surface area (Å²) in [6, 6.07) is 6.19. The zero-order chi connectivity index (χ0) is 12.4. The summed E-state index contributed by atoms with van der Waals surface area (Å²) in [6.07, 6.45) is 1.35. The van der Waals surface area contributed by atoms with E-state index in [2.05, 4.69) is 46.8 Å². The highest BCUT2D eigenvalue weighted by Gasteiger charge is 2.22. The number of nitrogens with zero attached hydrogens (tertiary/aromatic N) is 1. The minimum atomic E-state index is 0.801. The second kappa shape index (κ2) is 5.40. The van der Waals surface area contributed by atoms with Gasteiger partial charge in [-0.25, -0.2) is 0 Å². The molecule has 1 aromatic carbocycles. The van der Waals surface area contributed by atoms with Crippen LogP contribution in [0.25, 0.3) is 0 Å². The van der Waals surface area contributed by atoms with E-state index >= 15 is 0 Å². The minimum Gasteiger partial charge on any atom is -0.398 e. The van der Waals surface area contributed by atoms with Crippen LogP contribution in [0.4, 0.5) is 5.69 Å². The molecule has 2 N–H and O–H groups in total. The van der Waals surface area contributed by atoms with Gasteiger partial charge in [0.15, 0.2) is 0 Å². The molecule has 2 rings (SSSR count). The minimum absolute atomic E-state index is 0.801. The number of benzene rings is 1. The van der Waals surface area contributed by atoms with Gasteiger partial charge in [-0.2, -0.15) is 0 Å². The lowest BCUT2D eigenvalue weighted by Crippen LogP contribution is -2.38. The molecule has 0 spiro atoms. The number of nitrogen functional groups attached to an aromatic ring is 1. The van der Waals surface area contributed by atoms with Gasteiger partial charge < -0.3 is 5.73 Å². The van der Waals surface area contributed by atoms with Gasteiger partial charge in [-0.15, -0.1) is 0 Å². The van der Waals surface area contributed by atoms with E-state index in [0.717, 1.165) is 28.5 Å².